The molecule has 0 radical (unpaired) electrons. The van der Waals surface area contributed by atoms with Crippen molar-refractivity contribution in [2.45, 2.75) is 95.9 Å². The maximum atomic E-state index is 12.6. The van der Waals surface area contributed by atoms with Crippen molar-refractivity contribution in [2.24, 2.45) is 11.8 Å². The van der Waals surface area contributed by atoms with Gasteiger partial charge >= 0.3 is 5.97 Å². The Morgan fingerprint density at radius 2 is 1.70 bits per heavy atom. The van der Waals surface area contributed by atoms with Gasteiger partial charge < -0.3 is 5.11 Å². The van der Waals surface area contributed by atoms with Gasteiger partial charge in [0.2, 0.25) is 10.0 Å². The summed E-state index contributed by atoms with van der Waals surface area (Å²) in [6, 6.07) is 0.0544. The van der Waals surface area contributed by atoms with Crippen molar-refractivity contribution in [1.29, 1.82) is 0 Å². The van der Waals surface area contributed by atoms with Crippen LogP contribution in [0.3, 0.4) is 0 Å². The zero-order valence-corrected chi connectivity index (χ0v) is 17.4. The van der Waals surface area contributed by atoms with Crippen LogP contribution in [-0.2, 0) is 14.8 Å². The van der Waals surface area contributed by atoms with Crippen molar-refractivity contribution in [3.63, 3.8) is 0 Å². The molecule has 0 aromatic rings. The Hall–Kier alpha value is -0.880. The van der Waals surface area contributed by atoms with Gasteiger partial charge in [-0.2, -0.15) is 0 Å². The van der Waals surface area contributed by atoms with Crippen LogP contribution in [0.5, 0.6) is 0 Å². The van der Waals surface area contributed by atoms with E-state index in [2.05, 4.69) is 10.8 Å². The number of hydrogen-bond acceptors (Lipinski definition) is 3. The maximum absolute atomic E-state index is 12.6. The van der Waals surface area contributed by atoms with Crippen LogP contribution < -0.4 is 4.72 Å². The predicted octanol–water partition coefficient (Wildman–Crippen LogP) is 4.64. The molecule has 0 amide bonds. The fourth-order valence-corrected chi connectivity index (χ4v) is 6.03. The standard InChI is InChI=1S/C21H37NO4S/c23-21(24)15-7-2-1-6-12-19-13-8-9-14-20(19)22-27(25,26)17-16-18-10-4-3-5-11-18/h1,6,18-20,22H,2-5,7-17H2,(H,23,24). The van der Waals surface area contributed by atoms with Crippen LogP contribution >= 0.6 is 0 Å². The zero-order valence-electron chi connectivity index (χ0n) is 16.6. The first kappa shape index (κ1) is 22.4. The second-order valence-corrected chi connectivity index (χ2v) is 10.2. The van der Waals surface area contributed by atoms with Gasteiger partial charge in [-0.1, -0.05) is 57.1 Å². The molecule has 27 heavy (non-hydrogen) atoms. The Balaban J connectivity index is 1.75. The summed E-state index contributed by atoms with van der Waals surface area (Å²) in [6.45, 7) is 0. The van der Waals surface area contributed by atoms with E-state index in [1.54, 1.807) is 0 Å². The molecule has 2 aliphatic carbocycles. The van der Waals surface area contributed by atoms with Gasteiger partial charge in [0.15, 0.2) is 0 Å². The maximum Gasteiger partial charge on any atom is 0.303 e. The highest BCUT2D eigenvalue weighted by molar-refractivity contribution is 7.89. The fourth-order valence-electron chi connectivity index (χ4n) is 4.49. The van der Waals surface area contributed by atoms with Gasteiger partial charge in [-0.15, -0.1) is 0 Å². The van der Waals surface area contributed by atoms with E-state index >= 15 is 0 Å². The molecule has 2 fully saturated rings. The van der Waals surface area contributed by atoms with Crippen LogP contribution in [0.4, 0.5) is 0 Å². The predicted molar refractivity (Wildman–Crippen MR) is 109 cm³/mol. The second kappa shape index (κ2) is 11.8. The summed E-state index contributed by atoms with van der Waals surface area (Å²) in [5, 5.41) is 8.65. The fraction of sp³-hybridized carbons (Fsp3) is 0.857. The van der Waals surface area contributed by atoms with E-state index < -0.39 is 16.0 Å². The molecule has 0 saturated heterocycles. The summed E-state index contributed by atoms with van der Waals surface area (Å²) in [6.07, 6.45) is 17.9. The van der Waals surface area contributed by atoms with Crippen LogP contribution in [0.1, 0.15) is 89.9 Å². The molecule has 0 aromatic heterocycles. The normalized spacial score (nSPS) is 25.0. The number of sulfonamides is 1. The molecular formula is C21H37NO4S. The van der Waals surface area contributed by atoms with E-state index in [-0.39, 0.29) is 18.2 Å². The lowest BCUT2D eigenvalue weighted by Gasteiger charge is -2.31. The SMILES string of the molecule is O=C(O)CCCC=CCC1CCCCC1NS(=O)(=O)CCC1CCCCC1. The number of hydrogen-bond donors (Lipinski definition) is 2. The van der Waals surface area contributed by atoms with Crippen LogP contribution in [-0.4, -0.2) is 31.3 Å². The van der Waals surface area contributed by atoms with Crippen LogP contribution in [0.15, 0.2) is 12.2 Å². The Labute approximate surface area is 165 Å². The van der Waals surface area contributed by atoms with Crippen molar-refractivity contribution in [2.75, 3.05) is 5.75 Å². The minimum Gasteiger partial charge on any atom is -0.481 e. The Kier molecular flexibility index (Phi) is 9.83. The zero-order chi connectivity index (χ0) is 19.5. The quantitative estimate of drug-likeness (QED) is 0.392. The molecule has 0 heterocycles. The average Bonchev–Trinajstić information content (AvgIpc) is 2.64. The molecule has 2 aliphatic rings. The molecule has 2 saturated carbocycles. The number of aliphatic carboxylic acids is 1. The van der Waals surface area contributed by atoms with Gasteiger partial charge in [-0.05, 0) is 50.4 Å². The molecule has 0 aromatic carbocycles. The highest BCUT2D eigenvalue weighted by atomic mass is 32.2. The van der Waals surface area contributed by atoms with E-state index in [9.17, 15) is 13.2 Å². The number of carbonyl (C=O) groups is 1. The Morgan fingerprint density at radius 1 is 1.00 bits per heavy atom. The summed E-state index contributed by atoms with van der Waals surface area (Å²) in [7, 11) is -3.20. The summed E-state index contributed by atoms with van der Waals surface area (Å²) in [5.41, 5.74) is 0. The molecule has 5 nitrogen and oxygen atoms in total. The summed E-state index contributed by atoms with van der Waals surface area (Å²) in [4.78, 5) is 10.5. The Bertz CT molecular complexity index is 567. The number of carboxylic acid groups (broad SMARTS) is 1. The largest absolute Gasteiger partial charge is 0.481 e. The third-order valence-corrected chi connectivity index (χ3v) is 7.56. The Morgan fingerprint density at radius 3 is 2.44 bits per heavy atom. The van der Waals surface area contributed by atoms with Gasteiger partial charge in [0.25, 0.3) is 0 Å². The monoisotopic (exact) mass is 399 g/mol. The molecule has 6 heteroatoms. The van der Waals surface area contributed by atoms with Crippen LogP contribution in [0, 0.1) is 11.8 Å². The first-order valence-electron chi connectivity index (χ1n) is 10.8. The molecule has 2 N–H and O–H groups in total. The summed E-state index contributed by atoms with van der Waals surface area (Å²) in [5.74, 6) is 0.467. The first-order valence-corrected chi connectivity index (χ1v) is 12.5. The molecule has 2 unspecified atom stereocenters. The molecule has 156 valence electrons. The van der Waals surface area contributed by atoms with Crippen molar-refractivity contribution in [3.05, 3.63) is 12.2 Å². The van der Waals surface area contributed by atoms with Gasteiger partial charge in [0, 0.05) is 12.5 Å². The smallest absolute Gasteiger partial charge is 0.303 e. The van der Waals surface area contributed by atoms with E-state index in [1.165, 1.54) is 32.1 Å². The van der Waals surface area contributed by atoms with Crippen LogP contribution in [0.25, 0.3) is 0 Å². The summed E-state index contributed by atoms with van der Waals surface area (Å²) >= 11 is 0. The average molecular weight is 400 g/mol. The molecule has 0 aliphatic heterocycles. The number of rotatable bonds is 11. The van der Waals surface area contributed by atoms with Gasteiger partial charge in [0.05, 0.1) is 5.75 Å². The van der Waals surface area contributed by atoms with Crippen molar-refractivity contribution >= 4 is 16.0 Å². The third kappa shape index (κ3) is 9.24. The van der Waals surface area contributed by atoms with Crippen LogP contribution in [0.2, 0.25) is 0 Å². The third-order valence-electron chi connectivity index (χ3n) is 6.13. The van der Waals surface area contributed by atoms with Crippen molar-refractivity contribution in [1.82, 2.24) is 4.72 Å². The van der Waals surface area contributed by atoms with Gasteiger partial charge in [0.1, 0.15) is 0 Å². The van der Waals surface area contributed by atoms with Crippen molar-refractivity contribution in [3.8, 4) is 0 Å². The molecule has 0 spiro atoms. The van der Waals surface area contributed by atoms with Gasteiger partial charge in [-0.25, -0.2) is 13.1 Å². The molecule has 2 rings (SSSR count). The topological polar surface area (TPSA) is 83.5 Å². The number of carboxylic acids is 1. The van der Waals surface area contributed by atoms with Gasteiger partial charge in [-0.3, -0.25) is 4.79 Å². The minimum absolute atomic E-state index is 0.0544. The molecular weight excluding hydrogens is 362 g/mol. The highest BCUT2D eigenvalue weighted by Crippen LogP contribution is 2.29. The summed E-state index contributed by atoms with van der Waals surface area (Å²) < 4.78 is 28.2. The highest BCUT2D eigenvalue weighted by Gasteiger charge is 2.28. The number of allylic oxidation sites excluding steroid dienone is 2. The number of nitrogens with one attached hydrogen (secondary N) is 1. The number of unbranched alkanes of at least 4 members (excludes halogenated alkanes) is 1. The minimum atomic E-state index is -3.20. The van der Waals surface area contributed by atoms with E-state index in [0.717, 1.165) is 44.9 Å². The molecule has 2 atom stereocenters. The first-order chi connectivity index (χ1) is 13.0. The lowest BCUT2D eigenvalue weighted by Crippen LogP contribution is -2.43. The van der Waals surface area contributed by atoms with E-state index in [4.69, 9.17) is 5.11 Å². The van der Waals surface area contributed by atoms with Crippen molar-refractivity contribution < 1.29 is 18.3 Å². The second-order valence-electron chi connectivity index (χ2n) is 8.37. The van der Waals surface area contributed by atoms with E-state index in [1.807, 2.05) is 6.08 Å². The van der Waals surface area contributed by atoms with E-state index in [0.29, 0.717) is 18.3 Å². The molecule has 0 bridgehead atoms. The lowest BCUT2D eigenvalue weighted by molar-refractivity contribution is -0.137. The lowest BCUT2D eigenvalue weighted by atomic mass is 9.83.